The normalized spacial score (nSPS) is 9.30. The Morgan fingerprint density at radius 2 is 2.00 bits per heavy atom. The molecule has 60 valence electrons. The topological polar surface area (TPSA) is 55.8 Å². The van der Waals surface area contributed by atoms with Gasteiger partial charge in [0.25, 0.3) is 0 Å². The van der Waals surface area contributed by atoms with Crippen molar-refractivity contribution in [3.05, 3.63) is 0 Å². The van der Waals surface area contributed by atoms with Gasteiger partial charge in [-0.05, 0) is 12.8 Å². The number of carboxylic acid groups (broad SMARTS) is 1. The van der Waals surface area contributed by atoms with Crippen LogP contribution in [0, 0.1) is 0 Å². The Morgan fingerprint density at radius 3 is 2.50 bits per heavy atom. The van der Waals surface area contributed by atoms with E-state index in [0.29, 0.717) is 6.61 Å². The molecule has 0 saturated carbocycles. The highest BCUT2D eigenvalue weighted by Gasteiger charge is 1.94. The third kappa shape index (κ3) is 7.23. The number of ether oxygens (including phenoxy) is 2. The minimum atomic E-state index is -1.21. The Kier molecular flexibility index (Phi) is 5.86. The van der Waals surface area contributed by atoms with Gasteiger partial charge in [0.15, 0.2) is 0 Å². The molecule has 0 aliphatic carbocycles. The molecule has 0 bridgehead atoms. The van der Waals surface area contributed by atoms with Crippen molar-refractivity contribution in [1.29, 1.82) is 0 Å². The molecule has 4 nitrogen and oxygen atoms in total. The van der Waals surface area contributed by atoms with Gasteiger partial charge in [-0.25, -0.2) is 4.79 Å². The molecule has 0 aromatic carbocycles. The predicted molar refractivity (Wildman–Crippen MR) is 35.1 cm³/mol. The second kappa shape index (κ2) is 6.35. The second-order valence-corrected chi connectivity index (χ2v) is 1.81. The summed E-state index contributed by atoms with van der Waals surface area (Å²) in [4.78, 5) is 9.78. The minimum absolute atomic E-state index is 0.263. The van der Waals surface area contributed by atoms with Crippen LogP contribution in [0.25, 0.3) is 0 Å². The Labute approximate surface area is 59.7 Å². The lowest BCUT2D eigenvalue weighted by atomic mass is 10.3. The van der Waals surface area contributed by atoms with E-state index in [2.05, 4.69) is 4.74 Å². The number of methoxy groups -OCH3 is 1. The quantitative estimate of drug-likeness (QED) is 0.468. The summed E-state index contributed by atoms with van der Waals surface area (Å²) >= 11 is 0. The van der Waals surface area contributed by atoms with Crippen LogP contribution in [0.5, 0.6) is 0 Å². The maximum absolute atomic E-state index is 9.78. The number of rotatable bonds is 5. The highest BCUT2D eigenvalue weighted by atomic mass is 16.7. The molecular weight excluding hydrogens is 136 g/mol. The van der Waals surface area contributed by atoms with Gasteiger partial charge in [0.05, 0.1) is 6.61 Å². The first-order chi connectivity index (χ1) is 4.77. The number of hydrogen-bond acceptors (Lipinski definition) is 3. The third-order valence-corrected chi connectivity index (χ3v) is 0.968. The molecule has 0 spiro atoms. The molecular formula is C6H12O4. The summed E-state index contributed by atoms with van der Waals surface area (Å²) in [6.45, 7) is 0.918. The molecule has 0 fully saturated rings. The van der Waals surface area contributed by atoms with Crippen molar-refractivity contribution in [3.63, 3.8) is 0 Å². The molecule has 0 unspecified atom stereocenters. The van der Waals surface area contributed by atoms with Crippen LogP contribution < -0.4 is 0 Å². The van der Waals surface area contributed by atoms with Crippen molar-refractivity contribution in [2.45, 2.75) is 12.8 Å². The average Bonchev–Trinajstić information content (AvgIpc) is 1.87. The van der Waals surface area contributed by atoms with Gasteiger partial charge in [-0.1, -0.05) is 0 Å². The summed E-state index contributed by atoms with van der Waals surface area (Å²) in [5, 5.41) is 8.02. The smallest absolute Gasteiger partial charge is 0.450 e. The Hall–Kier alpha value is -0.770. The molecule has 10 heavy (non-hydrogen) atoms. The summed E-state index contributed by atoms with van der Waals surface area (Å²) in [6, 6.07) is 0. The molecule has 0 aromatic rings. The molecule has 1 N–H and O–H groups in total. The second-order valence-electron chi connectivity index (χ2n) is 1.81. The van der Waals surface area contributed by atoms with Crippen molar-refractivity contribution in [2.75, 3.05) is 20.3 Å². The van der Waals surface area contributed by atoms with E-state index in [9.17, 15) is 4.79 Å². The Balaban J connectivity index is 2.84. The number of carbonyl (C=O) groups is 1. The van der Waals surface area contributed by atoms with Crippen molar-refractivity contribution >= 4 is 6.16 Å². The van der Waals surface area contributed by atoms with Crippen LogP contribution in [0.3, 0.4) is 0 Å². The van der Waals surface area contributed by atoms with E-state index >= 15 is 0 Å². The fourth-order valence-corrected chi connectivity index (χ4v) is 0.508. The highest BCUT2D eigenvalue weighted by Crippen LogP contribution is 1.90. The van der Waals surface area contributed by atoms with Crippen LogP contribution in [-0.2, 0) is 9.47 Å². The Bertz CT molecular complexity index is 91.7. The fourth-order valence-electron chi connectivity index (χ4n) is 0.508. The molecule has 0 aromatic heterocycles. The standard InChI is InChI=1S/C6H12O4/c1-9-4-2-3-5-10-6(7)8/h2-5H2,1H3,(H,7,8). The summed E-state index contributed by atoms with van der Waals surface area (Å²) in [5.41, 5.74) is 0. The van der Waals surface area contributed by atoms with Gasteiger partial charge in [-0.2, -0.15) is 0 Å². The molecule has 0 aliphatic rings. The van der Waals surface area contributed by atoms with E-state index in [1.54, 1.807) is 7.11 Å². The van der Waals surface area contributed by atoms with Gasteiger partial charge in [-0.15, -0.1) is 0 Å². The van der Waals surface area contributed by atoms with Gasteiger partial charge in [0, 0.05) is 13.7 Å². The van der Waals surface area contributed by atoms with E-state index in [1.165, 1.54) is 0 Å². The van der Waals surface area contributed by atoms with Crippen LogP contribution in [0.15, 0.2) is 0 Å². The van der Waals surface area contributed by atoms with Gasteiger partial charge in [-0.3, -0.25) is 0 Å². The molecule has 0 heterocycles. The van der Waals surface area contributed by atoms with Crippen molar-refractivity contribution in [3.8, 4) is 0 Å². The average molecular weight is 148 g/mol. The van der Waals surface area contributed by atoms with E-state index < -0.39 is 6.16 Å². The predicted octanol–water partition coefficient (Wildman–Crippen LogP) is 1.11. The van der Waals surface area contributed by atoms with Crippen LogP contribution in [-0.4, -0.2) is 31.6 Å². The van der Waals surface area contributed by atoms with Crippen molar-refractivity contribution < 1.29 is 19.4 Å². The third-order valence-electron chi connectivity index (χ3n) is 0.968. The zero-order chi connectivity index (χ0) is 7.82. The van der Waals surface area contributed by atoms with E-state index in [1.807, 2.05) is 0 Å². The van der Waals surface area contributed by atoms with Gasteiger partial charge in [0.2, 0.25) is 0 Å². The van der Waals surface area contributed by atoms with Gasteiger partial charge < -0.3 is 14.6 Å². The molecule has 0 saturated heterocycles. The maximum Gasteiger partial charge on any atom is 0.505 e. The Morgan fingerprint density at radius 1 is 1.40 bits per heavy atom. The lowest BCUT2D eigenvalue weighted by Gasteiger charge is -1.98. The summed E-state index contributed by atoms with van der Waals surface area (Å²) in [7, 11) is 1.61. The monoisotopic (exact) mass is 148 g/mol. The minimum Gasteiger partial charge on any atom is -0.450 e. The van der Waals surface area contributed by atoms with Crippen molar-refractivity contribution in [1.82, 2.24) is 0 Å². The first-order valence-corrected chi connectivity index (χ1v) is 3.12. The molecule has 0 amide bonds. The largest absolute Gasteiger partial charge is 0.505 e. The lowest BCUT2D eigenvalue weighted by molar-refractivity contribution is 0.0871. The van der Waals surface area contributed by atoms with Crippen molar-refractivity contribution in [2.24, 2.45) is 0 Å². The molecule has 0 aliphatic heterocycles. The van der Waals surface area contributed by atoms with E-state index in [4.69, 9.17) is 9.84 Å². The molecule has 0 radical (unpaired) electrons. The van der Waals surface area contributed by atoms with E-state index in [-0.39, 0.29) is 6.61 Å². The van der Waals surface area contributed by atoms with Gasteiger partial charge >= 0.3 is 6.16 Å². The van der Waals surface area contributed by atoms with Crippen LogP contribution >= 0.6 is 0 Å². The summed E-state index contributed by atoms with van der Waals surface area (Å²) in [6.07, 6.45) is 0.349. The first-order valence-electron chi connectivity index (χ1n) is 3.12. The molecule has 0 atom stereocenters. The molecule has 0 rings (SSSR count). The highest BCUT2D eigenvalue weighted by molar-refractivity contribution is 5.56. The van der Waals surface area contributed by atoms with E-state index in [0.717, 1.165) is 12.8 Å². The zero-order valence-electron chi connectivity index (χ0n) is 6.00. The molecule has 4 heteroatoms. The maximum atomic E-state index is 9.78. The van der Waals surface area contributed by atoms with Crippen LogP contribution in [0.2, 0.25) is 0 Å². The lowest BCUT2D eigenvalue weighted by Crippen LogP contribution is -2.02. The van der Waals surface area contributed by atoms with Gasteiger partial charge in [0.1, 0.15) is 0 Å². The fraction of sp³-hybridized carbons (Fsp3) is 0.833. The first kappa shape index (κ1) is 9.23. The zero-order valence-corrected chi connectivity index (χ0v) is 6.00. The SMILES string of the molecule is COCCCCOC(=O)O. The van der Waals surface area contributed by atoms with Crippen LogP contribution in [0.1, 0.15) is 12.8 Å². The summed E-state index contributed by atoms with van der Waals surface area (Å²) in [5.74, 6) is 0. The number of unbranched alkanes of at least 4 members (excludes halogenated alkanes) is 1. The summed E-state index contributed by atoms with van der Waals surface area (Å²) < 4.78 is 9.00. The number of hydrogen-bond donors (Lipinski definition) is 1. The van der Waals surface area contributed by atoms with Crippen LogP contribution in [0.4, 0.5) is 4.79 Å².